The lowest BCUT2D eigenvalue weighted by atomic mass is 9.86. The molecule has 0 N–H and O–H groups in total. The number of hydrogen-bond acceptors (Lipinski definition) is 2. The minimum absolute atomic E-state index is 0.212. The van der Waals surface area contributed by atoms with Crippen LogP contribution in [-0.2, 0) is 0 Å². The Bertz CT molecular complexity index is 3270. The van der Waals surface area contributed by atoms with Crippen molar-refractivity contribution in [3.63, 3.8) is 0 Å². The highest BCUT2D eigenvalue weighted by atomic mass is 16.3. The van der Waals surface area contributed by atoms with Gasteiger partial charge in [-0.05, 0) is 88.3 Å². The van der Waals surface area contributed by atoms with E-state index in [4.69, 9.17) is 4.42 Å². The number of aromatic nitrogens is 1. The van der Waals surface area contributed by atoms with Crippen LogP contribution >= 0.6 is 0 Å². The molecule has 2 aliphatic rings. The number of anilines is 2. The van der Waals surface area contributed by atoms with Gasteiger partial charge in [0.15, 0.2) is 5.58 Å². The maximum absolute atomic E-state index is 6.84. The van der Waals surface area contributed by atoms with Crippen molar-refractivity contribution in [2.45, 2.75) is 12.3 Å². The molecule has 2 aromatic heterocycles. The van der Waals surface area contributed by atoms with Crippen LogP contribution in [0.25, 0.3) is 82.8 Å². The van der Waals surface area contributed by atoms with Crippen LogP contribution < -0.4 is 4.90 Å². The van der Waals surface area contributed by atoms with Crippen molar-refractivity contribution in [2.24, 2.45) is 0 Å². The molecular formula is C54H36N2O. The monoisotopic (exact) mass is 728 g/mol. The fourth-order valence-corrected chi connectivity index (χ4v) is 9.67. The van der Waals surface area contributed by atoms with Crippen molar-refractivity contribution >= 4 is 55.1 Å². The Morgan fingerprint density at radius 2 is 1.16 bits per heavy atom. The molecule has 1 unspecified atom stereocenters. The number of para-hydroxylation sites is 3. The molecule has 0 fully saturated rings. The van der Waals surface area contributed by atoms with Gasteiger partial charge in [-0.2, -0.15) is 0 Å². The van der Waals surface area contributed by atoms with E-state index in [0.29, 0.717) is 0 Å². The Labute approximate surface area is 330 Å². The average molecular weight is 729 g/mol. The molecular weight excluding hydrogens is 693 g/mol. The summed E-state index contributed by atoms with van der Waals surface area (Å²) in [6.07, 6.45) is 7.77. The zero-order valence-electron chi connectivity index (χ0n) is 31.1. The Kier molecular flexibility index (Phi) is 7.05. The lowest BCUT2D eigenvalue weighted by Crippen LogP contribution is -2.14. The van der Waals surface area contributed by atoms with Gasteiger partial charge in [0.1, 0.15) is 5.58 Å². The predicted molar refractivity (Wildman–Crippen MR) is 238 cm³/mol. The van der Waals surface area contributed by atoms with Gasteiger partial charge >= 0.3 is 0 Å². The van der Waals surface area contributed by atoms with E-state index in [9.17, 15) is 0 Å². The van der Waals surface area contributed by atoms with E-state index in [1.54, 1.807) is 0 Å². The van der Waals surface area contributed by atoms with Crippen molar-refractivity contribution in [3.05, 3.63) is 211 Å². The normalized spacial score (nSPS) is 14.8. The average Bonchev–Trinajstić information content (AvgIpc) is 3.95. The van der Waals surface area contributed by atoms with Crippen LogP contribution in [0.1, 0.15) is 17.9 Å². The summed E-state index contributed by atoms with van der Waals surface area (Å²) in [5.74, 6) is 0.212. The van der Waals surface area contributed by atoms with E-state index >= 15 is 0 Å². The van der Waals surface area contributed by atoms with E-state index in [-0.39, 0.29) is 5.92 Å². The van der Waals surface area contributed by atoms with E-state index in [0.717, 1.165) is 34.0 Å². The number of allylic oxidation sites excluding steroid dienone is 4. The van der Waals surface area contributed by atoms with Gasteiger partial charge in [-0.1, -0.05) is 152 Å². The number of furan rings is 1. The maximum atomic E-state index is 6.84. The van der Waals surface area contributed by atoms with Crippen molar-refractivity contribution in [3.8, 4) is 39.1 Å². The molecule has 3 heterocycles. The molecule has 0 saturated carbocycles. The molecule has 0 amide bonds. The fourth-order valence-electron chi connectivity index (χ4n) is 9.67. The van der Waals surface area contributed by atoms with E-state index in [1.165, 1.54) is 77.8 Å². The summed E-state index contributed by atoms with van der Waals surface area (Å²) in [6, 6.07) is 65.9. The summed E-state index contributed by atoms with van der Waals surface area (Å²) in [6.45, 7) is 0. The summed E-state index contributed by atoms with van der Waals surface area (Å²) in [5, 5.41) is 4.78. The highest BCUT2D eigenvalue weighted by Gasteiger charge is 2.38. The molecule has 8 aromatic carbocycles. The molecule has 0 radical (unpaired) electrons. The summed E-state index contributed by atoms with van der Waals surface area (Å²) in [4.78, 5) is 2.47. The zero-order chi connectivity index (χ0) is 37.5. The van der Waals surface area contributed by atoms with Gasteiger partial charge in [-0.15, -0.1) is 0 Å². The van der Waals surface area contributed by atoms with Crippen LogP contribution in [0.4, 0.5) is 11.4 Å². The smallest absolute Gasteiger partial charge is 0.160 e. The van der Waals surface area contributed by atoms with Gasteiger partial charge in [0.2, 0.25) is 0 Å². The molecule has 1 atom stereocenters. The molecule has 0 spiro atoms. The van der Waals surface area contributed by atoms with Gasteiger partial charge < -0.3 is 13.9 Å². The minimum atomic E-state index is 0.212. The molecule has 268 valence electrons. The first-order chi connectivity index (χ1) is 28.3. The topological polar surface area (TPSA) is 21.3 Å². The highest BCUT2D eigenvalue weighted by molar-refractivity contribution is 6.17. The minimum Gasteiger partial charge on any atom is -0.454 e. The Morgan fingerprint density at radius 1 is 0.474 bits per heavy atom. The van der Waals surface area contributed by atoms with Crippen LogP contribution in [0, 0.1) is 0 Å². The summed E-state index contributed by atoms with van der Waals surface area (Å²) >= 11 is 0. The summed E-state index contributed by atoms with van der Waals surface area (Å²) in [7, 11) is 0. The van der Waals surface area contributed by atoms with Crippen LogP contribution in [-0.4, -0.2) is 4.57 Å². The van der Waals surface area contributed by atoms with Crippen LogP contribution in [0.15, 0.2) is 210 Å². The van der Waals surface area contributed by atoms with Gasteiger partial charge in [0.05, 0.1) is 28.1 Å². The second-order valence-corrected chi connectivity index (χ2v) is 15.2. The molecule has 1 aliphatic heterocycles. The van der Waals surface area contributed by atoms with Crippen LogP contribution in [0.5, 0.6) is 0 Å². The Balaban J connectivity index is 1.06. The van der Waals surface area contributed by atoms with Crippen molar-refractivity contribution in [1.29, 1.82) is 0 Å². The standard InChI is InChI=1S/C54H36N2O/c1-3-16-35(17-4-1)38-20-7-11-25-45(38)55-46-26-12-8-21-41(46)44-34-37(30-32-48(44)55)39-24-15-28-49-52(39)42-22-9-13-27-47(42)56(49)50-33-31-40(36-18-5-2-6-19-36)53-43-23-10-14-29-51(43)57-54(50)53/h1-21,23-34,42H,22H2. The number of nitrogens with zero attached hydrogens (tertiary/aromatic N) is 2. The first kappa shape index (κ1) is 31.9. The van der Waals surface area contributed by atoms with E-state index in [1.807, 2.05) is 0 Å². The maximum Gasteiger partial charge on any atom is 0.160 e. The second-order valence-electron chi connectivity index (χ2n) is 15.2. The third-order valence-electron chi connectivity index (χ3n) is 12.1. The Hall–Kier alpha value is -7.36. The first-order valence-electron chi connectivity index (χ1n) is 19.8. The molecule has 0 saturated heterocycles. The summed E-state index contributed by atoms with van der Waals surface area (Å²) < 4.78 is 9.29. The quantitative estimate of drug-likeness (QED) is 0.176. The Morgan fingerprint density at radius 3 is 2.02 bits per heavy atom. The molecule has 12 rings (SSSR count). The third kappa shape index (κ3) is 4.79. The molecule has 10 aromatic rings. The molecule has 57 heavy (non-hydrogen) atoms. The number of rotatable bonds is 5. The van der Waals surface area contributed by atoms with E-state index < -0.39 is 0 Å². The molecule has 3 heteroatoms. The van der Waals surface area contributed by atoms with Crippen LogP contribution in [0.3, 0.4) is 0 Å². The van der Waals surface area contributed by atoms with Gasteiger partial charge in [0, 0.05) is 38.7 Å². The molecule has 1 aliphatic carbocycles. The van der Waals surface area contributed by atoms with Crippen molar-refractivity contribution < 1.29 is 4.42 Å². The largest absolute Gasteiger partial charge is 0.454 e. The number of benzene rings is 8. The zero-order valence-corrected chi connectivity index (χ0v) is 31.1. The van der Waals surface area contributed by atoms with Gasteiger partial charge in [-0.25, -0.2) is 0 Å². The second kappa shape index (κ2) is 12.6. The van der Waals surface area contributed by atoms with Gasteiger partial charge in [0.25, 0.3) is 0 Å². The van der Waals surface area contributed by atoms with Gasteiger partial charge in [-0.3, -0.25) is 0 Å². The number of fused-ring (bicyclic) bond motifs is 9. The lowest BCUT2D eigenvalue weighted by Gasteiger charge is -2.25. The lowest BCUT2D eigenvalue weighted by molar-refractivity contribution is 0.668. The van der Waals surface area contributed by atoms with E-state index in [2.05, 4.69) is 210 Å². The highest BCUT2D eigenvalue weighted by Crippen LogP contribution is 2.56. The number of hydrogen-bond donors (Lipinski definition) is 0. The predicted octanol–water partition coefficient (Wildman–Crippen LogP) is 14.8. The molecule has 0 bridgehead atoms. The van der Waals surface area contributed by atoms with Crippen molar-refractivity contribution in [1.82, 2.24) is 4.57 Å². The third-order valence-corrected chi connectivity index (χ3v) is 12.1. The first-order valence-corrected chi connectivity index (χ1v) is 19.8. The fraction of sp³-hybridized carbons (Fsp3) is 0.0370. The molecule has 3 nitrogen and oxygen atoms in total. The van der Waals surface area contributed by atoms with Crippen molar-refractivity contribution in [2.75, 3.05) is 4.90 Å². The van der Waals surface area contributed by atoms with Crippen LogP contribution in [0.2, 0.25) is 0 Å². The SMILES string of the molecule is C1=CCC2C(=C1)N(c1ccc(-c3ccccc3)c3c1oc1ccccc13)c1cccc(-c3ccc4c(c3)c3ccccc3n4-c3ccccc3-c3ccccc3)c12. The summed E-state index contributed by atoms with van der Waals surface area (Å²) in [5.41, 5.74) is 17.6.